The van der Waals surface area contributed by atoms with Crippen molar-refractivity contribution in [2.24, 2.45) is 5.41 Å². The van der Waals surface area contributed by atoms with E-state index < -0.39 is 47.1 Å². The zero-order valence-corrected chi connectivity index (χ0v) is 22.5. The molecule has 3 N–H and O–H groups in total. The van der Waals surface area contributed by atoms with Crippen LogP contribution in [0.4, 0.5) is 23.8 Å². The standard InChI is InChI=1S/C26H31F3N6O5/c1-5-7-8-17(19(36)21(37)32-18-13-14-30-33-18)31-24(38)39-20(25(3,4)6-2)23-35-34-22(40-23)15-9-11-16(12-10-15)26(27,28)29/h9-14,17,20H,5-8H2,1-4H3,(H,31,38)(H2,30,32,33,37)/t17-,20?/m0/s1. The molecule has 0 aliphatic heterocycles. The highest BCUT2D eigenvalue weighted by molar-refractivity contribution is 6.42. The lowest BCUT2D eigenvalue weighted by Gasteiger charge is -2.30. The number of Topliss-reactive ketones (excluding diaryl/α,β-unsaturated/α-hetero) is 1. The van der Waals surface area contributed by atoms with E-state index >= 15 is 0 Å². The Hall–Kier alpha value is -4.23. The van der Waals surface area contributed by atoms with Crippen LogP contribution < -0.4 is 10.6 Å². The number of carbonyl (C=O) groups is 3. The highest BCUT2D eigenvalue weighted by Gasteiger charge is 2.38. The summed E-state index contributed by atoms with van der Waals surface area (Å²) >= 11 is 0. The number of amides is 2. The maximum absolute atomic E-state index is 13.0. The van der Waals surface area contributed by atoms with Gasteiger partial charge in [-0.15, -0.1) is 10.2 Å². The first-order chi connectivity index (χ1) is 18.9. The van der Waals surface area contributed by atoms with Gasteiger partial charge in [0.05, 0.1) is 11.8 Å². The van der Waals surface area contributed by atoms with Crippen molar-refractivity contribution in [1.29, 1.82) is 0 Å². The van der Waals surface area contributed by atoms with Crippen molar-refractivity contribution in [3.05, 3.63) is 48.0 Å². The number of nitrogens with zero attached hydrogens (tertiary/aromatic N) is 3. The second-order valence-electron chi connectivity index (χ2n) is 9.78. The Balaban J connectivity index is 1.77. The molecule has 14 heteroatoms. The van der Waals surface area contributed by atoms with E-state index in [0.29, 0.717) is 19.3 Å². The van der Waals surface area contributed by atoms with Crippen molar-refractivity contribution < 1.29 is 36.7 Å². The Morgan fingerprint density at radius 1 is 1.07 bits per heavy atom. The van der Waals surface area contributed by atoms with E-state index in [1.807, 2.05) is 13.8 Å². The highest BCUT2D eigenvalue weighted by atomic mass is 19.4. The molecular weight excluding hydrogens is 533 g/mol. The van der Waals surface area contributed by atoms with Crippen LogP contribution in [0.25, 0.3) is 11.5 Å². The number of aromatic amines is 1. The first-order valence-corrected chi connectivity index (χ1v) is 12.7. The molecule has 2 atom stereocenters. The van der Waals surface area contributed by atoms with Crippen LogP contribution in [0.2, 0.25) is 0 Å². The molecule has 3 aromatic rings. The van der Waals surface area contributed by atoms with Crippen molar-refractivity contribution in [3.63, 3.8) is 0 Å². The average Bonchev–Trinajstić information content (AvgIpc) is 3.61. The van der Waals surface area contributed by atoms with Crippen molar-refractivity contribution in [2.45, 2.75) is 71.7 Å². The van der Waals surface area contributed by atoms with Crippen molar-refractivity contribution >= 4 is 23.6 Å². The van der Waals surface area contributed by atoms with Gasteiger partial charge >= 0.3 is 12.3 Å². The summed E-state index contributed by atoms with van der Waals surface area (Å²) in [6, 6.07) is 4.50. The third-order valence-corrected chi connectivity index (χ3v) is 6.40. The van der Waals surface area contributed by atoms with E-state index in [0.717, 1.165) is 12.1 Å². The molecule has 2 heterocycles. The van der Waals surface area contributed by atoms with Gasteiger partial charge in [-0.05, 0) is 37.1 Å². The summed E-state index contributed by atoms with van der Waals surface area (Å²) in [7, 11) is 0. The van der Waals surface area contributed by atoms with Gasteiger partial charge in [0, 0.05) is 17.0 Å². The summed E-state index contributed by atoms with van der Waals surface area (Å²) < 4.78 is 50.1. The molecule has 0 radical (unpaired) electrons. The summed E-state index contributed by atoms with van der Waals surface area (Å²) in [5, 5.41) is 19.0. The molecule has 0 aliphatic carbocycles. The zero-order chi connectivity index (χ0) is 29.5. The van der Waals surface area contributed by atoms with Gasteiger partial charge in [0.25, 0.3) is 11.8 Å². The van der Waals surface area contributed by atoms with E-state index in [4.69, 9.17) is 9.15 Å². The number of rotatable bonds is 12. The Labute approximate surface area is 228 Å². The molecule has 2 amide bonds. The van der Waals surface area contributed by atoms with E-state index in [9.17, 15) is 27.6 Å². The van der Waals surface area contributed by atoms with Crippen molar-refractivity contribution in [2.75, 3.05) is 5.32 Å². The largest absolute Gasteiger partial charge is 0.436 e. The van der Waals surface area contributed by atoms with Gasteiger partial charge in [0.15, 0.2) is 6.10 Å². The van der Waals surface area contributed by atoms with Crippen molar-refractivity contribution in [1.82, 2.24) is 25.7 Å². The van der Waals surface area contributed by atoms with Crippen LogP contribution in [0.5, 0.6) is 0 Å². The number of hydrogen-bond acceptors (Lipinski definition) is 8. The van der Waals surface area contributed by atoms with Gasteiger partial charge in [-0.3, -0.25) is 14.7 Å². The van der Waals surface area contributed by atoms with Crippen LogP contribution in [0, 0.1) is 5.41 Å². The summed E-state index contributed by atoms with van der Waals surface area (Å²) in [5.41, 5.74) is -1.30. The topological polar surface area (TPSA) is 152 Å². The highest BCUT2D eigenvalue weighted by Crippen LogP contribution is 2.40. The zero-order valence-electron chi connectivity index (χ0n) is 22.5. The van der Waals surface area contributed by atoms with Gasteiger partial charge in [0.2, 0.25) is 11.7 Å². The minimum absolute atomic E-state index is 0.0592. The fourth-order valence-corrected chi connectivity index (χ4v) is 3.62. The third-order valence-electron chi connectivity index (χ3n) is 6.40. The fourth-order valence-electron chi connectivity index (χ4n) is 3.62. The number of unbranched alkanes of at least 4 members (excludes halogenated alkanes) is 1. The van der Waals surface area contributed by atoms with E-state index in [1.54, 1.807) is 13.8 Å². The number of nitrogens with one attached hydrogen (secondary N) is 3. The molecule has 40 heavy (non-hydrogen) atoms. The molecule has 216 valence electrons. The lowest BCUT2D eigenvalue weighted by Crippen LogP contribution is -2.46. The van der Waals surface area contributed by atoms with Gasteiger partial charge < -0.3 is 19.8 Å². The molecule has 0 bridgehead atoms. The number of alkyl halides is 3. The number of carbonyl (C=O) groups excluding carboxylic acids is 3. The van der Waals surface area contributed by atoms with Gasteiger partial charge in [-0.25, -0.2) is 4.79 Å². The van der Waals surface area contributed by atoms with E-state index in [1.165, 1.54) is 24.4 Å². The van der Waals surface area contributed by atoms with Gasteiger partial charge in [-0.2, -0.15) is 18.3 Å². The van der Waals surface area contributed by atoms with Crippen LogP contribution in [0.15, 0.2) is 40.9 Å². The number of anilines is 1. The second kappa shape index (κ2) is 12.7. The Morgan fingerprint density at radius 3 is 2.35 bits per heavy atom. The number of H-pyrrole nitrogens is 1. The molecular formula is C26H31F3N6O5. The van der Waals surface area contributed by atoms with Crippen LogP contribution in [-0.4, -0.2) is 44.2 Å². The summed E-state index contributed by atoms with van der Waals surface area (Å²) in [5.74, 6) is -1.72. The lowest BCUT2D eigenvalue weighted by atomic mass is 9.83. The van der Waals surface area contributed by atoms with E-state index in [-0.39, 0.29) is 29.6 Å². The molecule has 1 aromatic carbocycles. The van der Waals surface area contributed by atoms with Crippen LogP contribution in [0.1, 0.15) is 70.9 Å². The first kappa shape index (κ1) is 30.3. The molecule has 2 aromatic heterocycles. The molecule has 1 unspecified atom stereocenters. The molecule has 0 saturated heterocycles. The van der Waals surface area contributed by atoms with Crippen LogP contribution in [0.3, 0.4) is 0 Å². The summed E-state index contributed by atoms with van der Waals surface area (Å²) in [6.45, 7) is 7.35. The SMILES string of the molecule is CCCC[C@H](NC(=O)OC(c1nnc(-c2ccc(C(F)(F)F)cc2)o1)C(C)(C)CC)C(=O)C(=O)Nc1ccn[nH]1. The Bertz CT molecular complexity index is 1290. The number of aromatic nitrogens is 4. The fraction of sp³-hybridized carbons (Fsp3) is 0.462. The predicted molar refractivity (Wildman–Crippen MR) is 137 cm³/mol. The predicted octanol–water partition coefficient (Wildman–Crippen LogP) is 5.45. The van der Waals surface area contributed by atoms with Crippen molar-refractivity contribution in [3.8, 4) is 11.5 Å². The number of hydrogen-bond donors (Lipinski definition) is 3. The second-order valence-corrected chi connectivity index (χ2v) is 9.78. The monoisotopic (exact) mass is 564 g/mol. The Morgan fingerprint density at radius 2 is 1.77 bits per heavy atom. The molecule has 0 spiro atoms. The summed E-state index contributed by atoms with van der Waals surface area (Å²) in [4.78, 5) is 38.3. The number of benzene rings is 1. The molecule has 0 aliphatic rings. The lowest BCUT2D eigenvalue weighted by molar-refractivity contribution is -0.137. The maximum Gasteiger partial charge on any atom is 0.416 e. The quantitative estimate of drug-likeness (QED) is 0.246. The third kappa shape index (κ3) is 7.67. The first-order valence-electron chi connectivity index (χ1n) is 12.7. The van der Waals surface area contributed by atoms with E-state index in [2.05, 4.69) is 31.0 Å². The molecule has 11 nitrogen and oxygen atoms in total. The van der Waals surface area contributed by atoms with Crippen LogP contribution in [-0.2, 0) is 20.5 Å². The maximum atomic E-state index is 13.0. The number of ketones is 1. The number of ether oxygens (including phenoxy) is 1. The number of halogens is 3. The normalized spacial score (nSPS) is 13.4. The minimum Gasteiger partial charge on any atom is -0.436 e. The van der Waals surface area contributed by atoms with Gasteiger partial charge in [-0.1, -0.05) is 40.5 Å². The smallest absolute Gasteiger partial charge is 0.416 e. The molecule has 0 fully saturated rings. The minimum atomic E-state index is -4.49. The number of alkyl carbamates (subject to hydrolysis) is 1. The summed E-state index contributed by atoms with van der Waals surface area (Å²) in [6.07, 6.45) is -3.18. The average molecular weight is 565 g/mol. The Kier molecular flexibility index (Phi) is 9.66. The van der Waals surface area contributed by atoms with Gasteiger partial charge in [0.1, 0.15) is 11.9 Å². The van der Waals surface area contributed by atoms with Crippen LogP contribution >= 0.6 is 0 Å². The molecule has 0 saturated carbocycles. The molecule has 3 rings (SSSR count).